The predicted molar refractivity (Wildman–Crippen MR) is 122 cm³/mol. The Morgan fingerprint density at radius 3 is 2.58 bits per heavy atom. The van der Waals surface area contributed by atoms with Gasteiger partial charge in [-0.05, 0) is 35.7 Å². The lowest BCUT2D eigenvalue weighted by molar-refractivity contribution is -0.108. The van der Waals surface area contributed by atoms with E-state index in [1.54, 1.807) is 11.9 Å². The Balaban J connectivity index is 1.58. The van der Waals surface area contributed by atoms with Crippen LogP contribution in [0.5, 0.6) is 0 Å². The molecule has 1 atom stereocenters. The van der Waals surface area contributed by atoms with Crippen molar-refractivity contribution in [3.8, 4) is 22.4 Å². The fourth-order valence-electron chi connectivity index (χ4n) is 4.03. The minimum Gasteiger partial charge on any atom is -0.390 e. The molecule has 1 aliphatic heterocycles. The van der Waals surface area contributed by atoms with Gasteiger partial charge in [0.1, 0.15) is 6.29 Å². The number of carbonyl (C=O) groups is 2. The first-order valence-electron chi connectivity index (χ1n) is 10.4. The zero-order chi connectivity index (χ0) is 21.8. The predicted octanol–water partition coefficient (Wildman–Crippen LogP) is 4.45. The number of aromatic nitrogens is 1. The molecule has 1 aromatic heterocycles. The highest BCUT2D eigenvalue weighted by Crippen LogP contribution is 2.31. The fraction of sp³-hybridized carbons (Fsp3) is 0.192. The van der Waals surface area contributed by atoms with Crippen molar-refractivity contribution in [2.75, 3.05) is 7.05 Å². The van der Waals surface area contributed by atoms with Gasteiger partial charge in [-0.15, -0.1) is 0 Å². The van der Waals surface area contributed by atoms with E-state index in [9.17, 15) is 9.59 Å². The molecule has 0 bridgehead atoms. The van der Waals surface area contributed by atoms with Crippen molar-refractivity contribution in [1.29, 1.82) is 0 Å². The quantitative estimate of drug-likeness (QED) is 0.556. The minimum absolute atomic E-state index is 0.0266. The first kappa shape index (κ1) is 20.5. The van der Waals surface area contributed by atoms with Crippen LogP contribution in [0.3, 0.4) is 0 Å². The summed E-state index contributed by atoms with van der Waals surface area (Å²) in [5, 5.41) is 3.04. The molecule has 0 fully saturated rings. The Labute approximate surface area is 182 Å². The molecule has 0 saturated carbocycles. The molecule has 0 aliphatic carbocycles. The van der Waals surface area contributed by atoms with Crippen molar-refractivity contribution in [3.63, 3.8) is 0 Å². The Bertz CT molecular complexity index is 1110. The van der Waals surface area contributed by atoms with E-state index in [0.717, 1.165) is 39.9 Å². The molecule has 0 radical (unpaired) electrons. The smallest absolute Gasteiger partial charge is 0.255 e. The number of benzene rings is 2. The minimum atomic E-state index is -0.221. The molecule has 31 heavy (non-hydrogen) atoms. The number of amides is 1. The van der Waals surface area contributed by atoms with E-state index in [1.807, 2.05) is 48.7 Å². The van der Waals surface area contributed by atoms with Crippen LogP contribution in [0.15, 0.2) is 79.1 Å². The van der Waals surface area contributed by atoms with Crippen LogP contribution in [0.2, 0.25) is 0 Å². The SMILES string of the molecule is C=C(NC)C(CCC=O)N1Cc2cc(-c3ccc(-c4ccccc4)cn3)ccc2C1=O. The zero-order valence-electron chi connectivity index (χ0n) is 17.5. The molecule has 156 valence electrons. The molecular formula is C26H25N3O2. The number of aldehydes is 1. The van der Waals surface area contributed by atoms with Crippen LogP contribution in [-0.4, -0.2) is 35.2 Å². The van der Waals surface area contributed by atoms with E-state index in [1.165, 1.54) is 0 Å². The second-order valence-electron chi connectivity index (χ2n) is 7.64. The number of hydrogen-bond acceptors (Lipinski definition) is 4. The van der Waals surface area contributed by atoms with Gasteiger partial charge < -0.3 is 15.0 Å². The lowest BCUT2D eigenvalue weighted by Gasteiger charge is -2.29. The lowest BCUT2D eigenvalue weighted by atomic mass is 10.0. The largest absolute Gasteiger partial charge is 0.390 e. The molecule has 0 spiro atoms. The summed E-state index contributed by atoms with van der Waals surface area (Å²) in [6.45, 7) is 4.53. The zero-order valence-corrected chi connectivity index (χ0v) is 17.5. The second-order valence-corrected chi connectivity index (χ2v) is 7.64. The number of pyridine rings is 1. The standard InChI is InChI=1S/C26H25N3O2/c1-18(27-2)25(9-6-14-30)29-17-22-15-20(10-12-23(22)26(29)31)24-13-11-21(16-28-24)19-7-4-3-5-8-19/h3-5,7-8,10-16,25,27H,1,6,9,17H2,2H3. The summed E-state index contributed by atoms with van der Waals surface area (Å²) in [4.78, 5) is 30.4. The van der Waals surface area contributed by atoms with Crippen molar-refractivity contribution in [1.82, 2.24) is 15.2 Å². The highest BCUT2D eigenvalue weighted by molar-refractivity contribution is 5.99. The number of likely N-dealkylation sites (N-methyl/N-ethyl adjacent to an activating group) is 1. The van der Waals surface area contributed by atoms with Crippen molar-refractivity contribution in [3.05, 3.63) is 90.3 Å². The molecule has 2 aromatic carbocycles. The van der Waals surface area contributed by atoms with E-state index in [0.29, 0.717) is 24.9 Å². The number of rotatable bonds is 8. The van der Waals surface area contributed by atoms with Gasteiger partial charge in [0.15, 0.2) is 0 Å². The average molecular weight is 412 g/mol. The van der Waals surface area contributed by atoms with Gasteiger partial charge >= 0.3 is 0 Å². The van der Waals surface area contributed by atoms with Crippen molar-refractivity contribution in [2.24, 2.45) is 0 Å². The van der Waals surface area contributed by atoms with E-state index in [4.69, 9.17) is 0 Å². The van der Waals surface area contributed by atoms with Crippen molar-refractivity contribution < 1.29 is 9.59 Å². The van der Waals surface area contributed by atoms with E-state index in [2.05, 4.69) is 35.1 Å². The third-order valence-electron chi connectivity index (χ3n) is 5.76. The second kappa shape index (κ2) is 8.96. The van der Waals surface area contributed by atoms with E-state index < -0.39 is 0 Å². The summed E-state index contributed by atoms with van der Waals surface area (Å²) in [6.07, 6.45) is 3.70. The highest BCUT2D eigenvalue weighted by Gasteiger charge is 2.33. The molecule has 1 amide bonds. The van der Waals surface area contributed by atoms with Crippen molar-refractivity contribution in [2.45, 2.75) is 25.4 Å². The first-order chi connectivity index (χ1) is 15.1. The summed E-state index contributed by atoms with van der Waals surface area (Å²) >= 11 is 0. The maximum atomic E-state index is 13.0. The Morgan fingerprint density at radius 2 is 1.90 bits per heavy atom. The monoisotopic (exact) mass is 411 g/mol. The number of carbonyl (C=O) groups excluding carboxylic acids is 2. The molecular weight excluding hydrogens is 386 g/mol. The molecule has 3 aromatic rings. The number of nitrogens with one attached hydrogen (secondary N) is 1. The highest BCUT2D eigenvalue weighted by atomic mass is 16.2. The van der Waals surface area contributed by atoms with Crippen molar-refractivity contribution >= 4 is 12.2 Å². The van der Waals surface area contributed by atoms with Crippen LogP contribution in [0.25, 0.3) is 22.4 Å². The van der Waals surface area contributed by atoms with Crippen LogP contribution in [0, 0.1) is 0 Å². The lowest BCUT2D eigenvalue weighted by Crippen LogP contribution is -2.39. The summed E-state index contributed by atoms with van der Waals surface area (Å²) in [7, 11) is 1.78. The normalized spacial score (nSPS) is 13.6. The number of nitrogens with zero attached hydrogens (tertiary/aromatic N) is 2. The van der Waals surface area contributed by atoms with Gasteiger partial charge in [-0.2, -0.15) is 0 Å². The molecule has 0 saturated heterocycles. The molecule has 5 nitrogen and oxygen atoms in total. The summed E-state index contributed by atoms with van der Waals surface area (Å²) in [5.74, 6) is -0.0266. The van der Waals surface area contributed by atoms with Crippen LogP contribution in [0.4, 0.5) is 0 Å². The van der Waals surface area contributed by atoms with Gasteiger partial charge in [-0.3, -0.25) is 9.78 Å². The molecule has 1 aliphatic rings. The van der Waals surface area contributed by atoms with Crippen LogP contribution >= 0.6 is 0 Å². The summed E-state index contributed by atoms with van der Waals surface area (Å²) in [5.41, 5.74) is 6.44. The number of fused-ring (bicyclic) bond motifs is 1. The molecule has 1 N–H and O–H groups in total. The van der Waals surface area contributed by atoms with Crippen LogP contribution in [0.1, 0.15) is 28.8 Å². The average Bonchev–Trinajstić information content (AvgIpc) is 3.15. The molecule has 2 heterocycles. The Hall–Kier alpha value is -3.73. The Morgan fingerprint density at radius 1 is 1.13 bits per heavy atom. The van der Waals surface area contributed by atoms with Gasteiger partial charge in [0.05, 0.1) is 11.7 Å². The fourth-order valence-corrected chi connectivity index (χ4v) is 4.03. The maximum absolute atomic E-state index is 13.0. The Kier molecular flexibility index (Phi) is 5.94. The van der Waals surface area contributed by atoms with E-state index >= 15 is 0 Å². The molecule has 5 heteroatoms. The van der Waals surface area contributed by atoms with Gasteiger partial charge in [0, 0.05) is 48.6 Å². The molecule has 4 rings (SSSR count). The van der Waals surface area contributed by atoms with Gasteiger partial charge in [-0.1, -0.05) is 49.0 Å². The first-order valence-corrected chi connectivity index (χ1v) is 10.4. The van der Waals surface area contributed by atoms with Gasteiger partial charge in [0.25, 0.3) is 5.91 Å². The van der Waals surface area contributed by atoms with Crippen LogP contribution < -0.4 is 5.32 Å². The van der Waals surface area contributed by atoms with Gasteiger partial charge in [-0.25, -0.2) is 0 Å². The number of hydrogen-bond donors (Lipinski definition) is 1. The summed E-state index contributed by atoms with van der Waals surface area (Å²) < 4.78 is 0. The maximum Gasteiger partial charge on any atom is 0.255 e. The summed E-state index contributed by atoms with van der Waals surface area (Å²) in [6, 6.07) is 19.8. The van der Waals surface area contributed by atoms with E-state index in [-0.39, 0.29) is 11.9 Å². The topological polar surface area (TPSA) is 62.3 Å². The third-order valence-corrected chi connectivity index (χ3v) is 5.76. The van der Waals surface area contributed by atoms with Crippen LogP contribution in [-0.2, 0) is 11.3 Å². The molecule has 1 unspecified atom stereocenters. The van der Waals surface area contributed by atoms with Gasteiger partial charge in [0.2, 0.25) is 0 Å². The third kappa shape index (κ3) is 4.12.